The third-order valence-corrected chi connectivity index (χ3v) is 4.62. The fourth-order valence-electron chi connectivity index (χ4n) is 3.07. The summed E-state index contributed by atoms with van der Waals surface area (Å²) < 4.78 is 15.8. The predicted molar refractivity (Wildman–Crippen MR) is 91.0 cm³/mol. The Morgan fingerprint density at radius 1 is 1.00 bits per heavy atom. The lowest BCUT2D eigenvalue weighted by atomic mass is 9.83. The van der Waals surface area contributed by atoms with E-state index in [2.05, 4.69) is 0 Å². The van der Waals surface area contributed by atoms with Crippen molar-refractivity contribution in [3.8, 4) is 17.2 Å². The Balaban J connectivity index is 2.40. The molecule has 0 aliphatic heterocycles. The zero-order valence-electron chi connectivity index (χ0n) is 14.3. The van der Waals surface area contributed by atoms with Crippen molar-refractivity contribution in [1.82, 2.24) is 0 Å². The van der Waals surface area contributed by atoms with Crippen LogP contribution in [0.3, 0.4) is 0 Å². The van der Waals surface area contributed by atoms with Crippen molar-refractivity contribution in [3.63, 3.8) is 0 Å². The summed E-state index contributed by atoms with van der Waals surface area (Å²) in [6.07, 6.45) is 5.70. The van der Waals surface area contributed by atoms with Crippen LogP contribution in [0.4, 0.5) is 0 Å². The molecule has 0 atom stereocenters. The number of esters is 2. The molecule has 1 aromatic rings. The number of ether oxygens (including phenoxy) is 3. The summed E-state index contributed by atoms with van der Waals surface area (Å²) in [5.74, 6) is 0.147. The summed E-state index contributed by atoms with van der Waals surface area (Å²) in [6.45, 7) is 2.66. The van der Waals surface area contributed by atoms with Crippen molar-refractivity contribution >= 4 is 23.5 Å². The molecule has 1 aliphatic rings. The van der Waals surface area contributed by atoms with Crippen LogP contribution in [-0.2, 0) is 16.0 Å². The molecular weight excluding hydrogens is 332 g/mol. The fourth-order valence-corrected chi connectivity index (χ4v) is 3.48. The Morgan fingerprint density at radius 2 is 1.58 bits per heavy atom. The van der Waals surface area contributed by atoms with Crippen molar-refractivity contribution in [2.24, 2.45) is 0 Å². The minimum Gasteiger partial charge on any atom is -0.493 e. The van der Waals surface area contributed by atoms with Gasteiger partial charge in [0.2, 0.25) is 0 Å². The zero-order chi connectivity index (χ0) is 17.7. The summed E-state index contributed by atoms with van der Waals surface area (Å²) in [6, 6.07) is 3.25. The lowest BCUT2D eigenvalue weighted by molar-refractivity contribution is -0.133. The standard InChI is InChI=1S/C18H23ClO5/c1-12(20)23-15-10-16(22-3)17(24-13(2)21)9-14(15)11-18(19)7-5-4-6-8-18/h9-10H,4-8,11H2,1-3H3. The van der Waals surface area contributed by atoms with Crippen LogP contribution in [0.1, 0.15) is 51.5 Å². The van der Waals surface area contributed by atoms with E-state index in [1.165, 1.54) is 27.4 Å². The highest BCUT2D eigenvalue weighted by Gasteiger charge is 2.31. The highest BCUT2D eigenvalue weighted by atomic mass is 35.5. The number of carbonyl (C=O) groups excluding carboxylic acids is 2. The Bertz CT molecular complexity index is 620. The fraction of sp³-hybridized carbons (Fsp3) is 0.556. The lowest BCUT2D eigenvalue weighted by Gasteiger charge is -2.31. The molecule has 0 aromatic heterocycles. The van der Waals surface area contributed by atoms with Crippen LogP contribution in [0.2, 0.25) is 0 Å². The first kappa shape index (κ1) is 18.6. The first-order chi connectivity index (χ1) is 11.3. The number of carbonyl (C=O) groups is 2. The molecule has 0 unspecified atom stereocenters. The minimum atomic E-state index is -0.447. The molecule has 0 saturated heterocycles. The molecular formula is C18H23ClO5. The summed E-state index contributed by atoms with van der Waals surface area (Å²) in [5, 5.41) is 0. The number of rotatable bonds is 5. The monoisotopic (exact) mass is 354 g/mol. The molecule has 0 amide bonds. The third-order valence-electron chi connectivity index (χ3n) is 4.11. The average Bonchev–Trinajstić information content (AvgIpc) is 2.49. The van der Waals surface area contributed by atoms with Crippen LogP contribution in [-0.4, -0.2) is 23.9 Å². The largest absolute Gasteiger partial charge is 0.493 e. The van der Waals surface area contributed by atoms with E-state index in [1.54, 1.807) is 12.1 Å². The molecule has 0 heterocycles. The molecule has 5 nitrogen and oxygen atoms in total. The van der Waals surface area contributed by atoms with E-state index in [1.807, 2.05) is 0 Å². The highest BCUT2D eigenvalue weighted by molar-refractivity contribution is 6.24. The van der Waals surface area contributed by atoms with Crippen molar-refractivity contribution in [3.05, 3.63) is 17.7 Å². The van der Waals surface area contributed by atoms with Crippen LogP contribution in [0.5, 0.6) is 17.2 Å². The SMILES string of the molecule is COc1cc(OC(C)=O)c(CC2(Cl)CCCCC2)cc1OC(C)=O. The van der Waals surface area contributed by atoms with Gasteiger partial charge in [0.15, 0.2) is 11.5 Å². The van der Waals surface area contributed by atoms with Gasteiger partial charge in [-0.15, -0.1) is 11.6 Å². The van der Waals surface area contributed by atoms with Gasteiger partial charge in [-0.2, -0.15) is 0 Å². The minimum absolute atomic E-state index is 0.298. The average molecular weight is 355 g/mol. The summed E-state index contributed by atoms with van der Waals surface area (Å²) >= 11 is 6.77. The second kappa shape index (κ2) is 7.88. The van der Waals surface area contributed by atoms with Crippen LogP contribution < -0.4 is 14.2 Å². The van der Waals surface area contributed by atoms with Gasteiger partial charge in [0.05, 0.1) is 7.11 Å². The van der Waals surface area contributed by atoms with Crippen LogP contribution >= 0.6 is 11.6 Å². The molecule has 0 bridgehead atoms. The first-order valence-corrected chi connectivity index (χ1v) is 8.47. The van der Waals surface area contributed by atoms with Crippen molar-refractivity contribution in [1.29, 1.82) is 0 Å². The Labute approximate surface area is 147 Å². The van der Waals surface area contributed by atoms with Crippen LogP contribution in [0.15, 0.2) is 12.1 Å². The molecule has 2 rings (SSSR count). The maximum absolute atomic E-state index is 11.4. The van der Waals surface area contributed by atoms with E-state index in [0.717, 1.165) is 31.2 Å². The van der Waals surface area contributed by atoms with Gasteiger partial charge in [-0.25, -0.2) is 0 Å². The second-order valence-corrected chi connectivity index (χ2v) is 6.99. The molecule has 0 N–H and O–H groups in total. The molecule has 24 heavy (non-hydrogen) atoms. The number of hydrogen-bond acceptors (Lipinski definition) is 5. The van der Waals surface area contributed by atoms with Crippen LogP contribution in [0.25, 0.3) is 0 Å². The molecule has 1 saturated carbocycles. The number of hydrogen-bond donors (Lipinski definition) is 0. The topological polar surface area (TPSA) is 61.8 Å². The lowest BCUT2D eigenvalue weighted by Crippen LogP contribution is -2.28. The molecule has 1 aromatic carbocycles. The summed E-state index contributed by atoms with van der Waals surface area (Å²) in [5.41, 5.74) is 0.735. The maximum Gasteiger partial charge on any atom is 0.308 e. The molecule has 132 valence electrons. The van der Waals surface area contributed by atoms with Crippen molar-refractivity contribution in [2.75, 3.05) is 7.11 Å². The van der Waals surface area contributed by atoms with E-state index in [-0.39, 0.29) is 4.87 Å². The van der Waals surface area contributed by atoms with Gasteiger partial charge in [0, 0.05) is 30.4 Å². The zero-order valence-corrected chi connectivity index (χ0v) is 15.1. The van der Waals surface area contributed by atoms with Crippen molar-refractivity contribution < 1.29 is 23.8 Å². The van der Waals surface area contributed by atoms with Gasteiger partial charge in [-0.3, -0.25) is 9.59 Å². The predicted octanol–water partition coefficient (Wildman–Crippen LogP) is 4.03. The molecule has 1 aliphatic carbocycles. The number of benzene rings is 1. The van der Waals surface area contributed by atoms with Gasteiger partial charge in [0.1, 0.15) is 5.75 Å². The normalized spacial score (nSPS) is 16.3. The smallest absolute Gasteiger partial charge is 0.308 e. The first-order valence-electron chi connectivity index (χ1n) is 8.10. The van der Waals surface area contributed by atoms with E-state index >= 15 is 0 Å². The van der Waals surface area contributed by atoms with E-state index < -0.39 is 11.9 Å². The molecule has 0 radical (unpaired) electrons. The van der Waals surface area contributed by atoms with E-state index in [0.29, 0.717) is 23.7 Å². The number of halogens is 1. The number of methoxy groups -OCH3 is 1. The summed E-state index contributed by atoms with van der Waals surface area (Å²) in [4.78, 5) is 22.4. The van der Waals surface area contributed by atoms with Gasteiger partial charge in [0.25, 0.3) is 0 Å². The van der Waals surface area contributed by atoms with Gasteiger partial charge >= 0.3 is 11.9 Å². The van der Waals surface area contributed by atoms with E-state index in [9.17, 15) is 9.59 Å². The number of alkyl halides is 1. The third kappa shape index (κ3) is 4.87. The van der Waals surface area contributed by atoms with Gasteiger partial charge < -0.3 is 14.2 Å². The van der Waals surface area contributed by atoms with Gasteiger partial charge in [-0.1, -0.05) is 19.3 Å². The van der Waals surface area contributed by atoms with Crippen molar-refractivity contribution in [2.45, 2.75) is 57.2 Å². The Hall–Kier alpha value is -1.75. The van der Waals surface area contributed by atoms with Crippen LogP contribution in [0, 0.1) is 0 Å². The Kier molecular flexibility index (Phi) is 6.10. The summed E-state index contributed by atoms with van der Waals surface area (Å²) in [7, 11) is 1.46. The highest BCUT2D eigenvalue weighted by Crippen LogP contribution is 2.42. The van der Waals surface area contributed by atoms with E-state index in [4.69, 9.17) is 25.8 Å². The maximum atomic E-state index is 11.4. The Morgan fingerprint density at radius 3 is 2.12 bits per heavy atom. The quantitative estimate of drug-likeness (QED) is 0.454. The molecule has 0 spiro atoms. The molecule has 1 fully saturated rings. The molecule has 6 heteroatoms. The second-order valence-electron chi connectivity index (χ2n) is 6.19. The van der Waals surface area contributed by atoms with Gasteiger partial charge in [-0.05, 0) is 25.3 Å².